The predicted molar refractivity (Wildman–Crippen MR) is 78.1 cm³/mol. The van der Waals surface area contributed by atoms with Crippen LogP contribution in [0.3, 0.4) is 0 Å². The number of rotatable bonds is 3. The summed E-state index contributed by atoms with van der Waals surface area (Å²) in [5, 5.41) is 0. The summed E-state index contributed by atoms with van der Waals surface area (Å²) in [5.74, 6) is 0.725. The van der Waals surface area contributed by atoms with E-state index >= 15 is 0 Å². The second-order valence-electron chi connectivity index (χ2n) is 4.85. The van der Waals surface area contributed by atoms with Crippen LogP contribution in [-0.2, 0) is 11.2 Å². The number of hydrogen-bond acceptors (Lipinski definition) is 3. The Bertz CT molecular complexity index is 504. The lowest BCUT2D eigenvalue weighted by Crippen LogP contribution is -2.47. The molecule has 0 aromatic heterocycles. The van der Waals surface area contributed by atoms with E-state index in [0.29, 0.717) is 18.0 Å². The number of hydrogen-bond donors (Lipinski definition) is 1. The molecular weight excluding hydrogens is 260 g/mol. The van der Waals surface area contributed by atoms with Crippen molar-refractivity contribution in [1.82, 2.24) is 4.90 Å². The molecule has 1 heterocycles. The minimum absolute atomic E-state index is 0.0230. The van der Waals surface area contributed by atoms with Gasteiger partial charge in [0, 0.05) is 7.05 Å². The zero-order valence-electron chi connectivity index (χ0n) is 11.1. The number of nitrogens with zero attached hydrogens (tertiary/aromatic N) is 1. The summed E-state index contributed by atoms with van der Waals surface area (Å²) < 4.78 is 5.64. The molecule has 0 spiro atoms. The third-order valence-corrected chi connectivity index (χ3v) is 3.91. The van der Waals surface area contributed by atoms with Crippen LogP contribution < -0.4 is 10.5 Å². The maximum absolute atomic E-state index is 12.4. The molecule has 0 fully saturated rings. The summed E-state index contributed by atoms with van der Waals surface area (Å²) in [4.78, 5) is 14.3. The Labute approximate surface area is 118 Å². The van der Waals surface area contributed by atoms with Crippen LogP contribution in [0.25, 0.3) is 0 Å². The molecule has 2 N–H and O–H groups in total. The van der Waals surface area contributed by atoms with Crippen molar-refractivity contribution in [2.24, 2.45) is 11.7 Å². The van der Waals surface area contributed by atoms with Gasteiger partial charge in [0.2, 0.25) is 5.91 Å². The smallest absolute Gasteiger partial charge is 0.229 e. The van der Waals surface area contributed by atoms with Crippen LogP contribution in [0.5, 0.6) is 5.75 Å². The topological polar surface area (TPSA) is 55.6 Å². The molecule has 2 unspecified atom stereocenters. The summed E-state index contributed by atoms with van der Waals surface area (Å²) in [6, 6.07) is 7.57. The first kappa shape index (κ1) is 13.8. The second-order valence-corrected chi connectivity index (χ2v) is 5.32. The van der Waals surface area contributed by atoms with Crippen LogP contribution >= 0.6 is 12.2 Å². The molecule has 0 aliphatic carbocycles. The molecule has 0 saturated heterocycles. The van der Waals surface area contributed by atoms with E-state index in [2.05, 4.69) is 0 Å². The molecule has 1 amide bonds. The van der Waals surface area contributed by atoms with E-state index in [4.69, 9.17) is 22.7 Å². The first-order chi connectivity index (χ1) is 9.00. The lowest BCUT2D eigenvalue weighted by atomic mass is 9.95. The fourth-order valence-corrected chi connectivity index (χ4v) is 2.31. The highest BCUT2D eigenvalue weighted by molar-refractivity contribution is 7.80. The monoisotopic (exact) mass is 278 g/mol. The third-order valence-electron chi connectivity index (χ3n) is 3.57. The number of benzene rings is 1. The van der Waals surface area contributed by atoms with Gasteiger partial charge < -0.3 is 15.4 Å². The minimum Gasteiger partial charge on any atom is -0.492 e. The van der Waals surface area contributed by atoms with Crippen molar-refractivity contribution in [3.05, 3.63) is 29.8 Å². The Morgan fingerprint density at radius 1 is 1.53 bits per heavy atom. The van der Waals surface area contributed by atoms with E-state index in [1.807, 2.05) is 31.2 Å². The number of fused-ring (bicyclic) bond motifs is 1. The summed E-state index contributed by atoms with van der Waals surface area (Å²) in [5.41, 5.74) is 6.66. The molecule has 1 aromatic carbocycles. The highest BCUT2D eigenvalue weighted by atomic mass is 32.1. The second kappa shape index (κ2) is 5.57. The van der Waals surface area contributed by atoms with Gasteiger partial charge in [-0.15, -0.1) is 0 Å². The predicted octanol–water partition coefficient (Wildman–Crippen LogP) is 1.37. The van der Waals surface area contributed by atoms with Crippen molar-refractivity contribution in [1.29, 1.82) is 0 Å². The molecule has 4 nitrogen and oxygen atoms in total. The van der Waals surface area contributed by atoms with Gasteiger partial charge in [-0.1, -0.05) is 30.4 Å². The molecule has 1 aliphatic heterocycles. The third kappa shape index (κ3) is 2.87. The van der Waals surface area contributed by atoms with Gasteiger partial charge in [0.15, 0.2) is 0 Å². The Morgan fingerprint density at radius 2 is 2.21 bits per heavy atom. The minimum atomic E-state index is -0.236. The van der Waals surface area contributed by atoms with Gasteiger partial charge in [-0.2, -0.15) is 0 Å². The largest absolute Gasteiger partial charge is 0.492 e. The van der Waals surface area contributed by atoms with Crippen molar-refractivity contribution < 1.29 is 9.53 Å². The lowest BCUT2D eigenvalue weighted by Gasteiger charge is -2.31. The highest BCUT2D eigenvalue weighted by Crippen LogP contribution is 2.27. The molecule has 5 heteroatoms. The fraction of sp³-hybridized carbons (Fsp3) is 0.429. The van der Waals surface area contributed by atoms with Crippen molar-refractivity contribution in [3.63, 3.8) is 0 Å². The summed E-state index contributed by atoms with van der Waals surface area (Å²) >= 11 is 4.93. The van der Waals surface area contributed by atoms with E-state index in [9.17, 15) is 4.79 Å². The van der Waals surface area contributed by atoms with E-state index in [1.165, 1.54) is 0 Å². The van der Waals surface area contributed by atoms with Crippen molar-refractivity contribution >= 4 is 23.1 Å². The zero-order chi connectivity index (χ0) is 14.0. The Balaban J connectivity index is 2.08. The van der Waals surface area contributed by atoms with Crippen LogP contribution in [0.2, 0.25) is 0 Å². The Morgan fingerprint density at radius 3 is 2.89 bits per heavy atom. The number of likely N-dealkylation sites (N-methyl/N-ethyl adjacent to an activating group) is 1. The molecule has 0 bridgehead atoms. The van der Waals surface area contributed by atoms with Crippen molar-refractivity contribution in [3.8, 4) is 5.75 Å². The Hall–Kier alpha value is -1.62. The van der Waals surface area contributed by atoms with Gasteiger partial charge in [-0.25, -0.2) is 0 Å². The summed E-state index contributed by atoms with van der Waals surface area (Å²) in [7, 11) is 1.73. The van der Waals surface area contributed by atoms with Crippen LogP contribution in [0.15, 0.2) is 24.3 Å². The SMILES string of the molecule is CC(C(N)=S)N(C)C(=O)C1COc2ccccc2C1. The fourth-order valence-electron chi connectivity index (χ4n) is 2.16. The molecule has 0 radical (unpaired) electrons. The van der Waals surface area contributed by atoms with Gasteiger partial charge in [0.25, 0.3) is 0 Å². The quantitative estimate of drug-likeness (QED) is 0.849. The number of carbonyl (C=O) groups excluding carboxylic acids is 1. The van der Waals surface area contributed by atoms with Gasteiger partial charge in [0.1, 0.15) is 12.4 Å². The number of carbonyl (C=O) groups is 1. The zero-order valence-corrected chi connectivity index (χ0v) is 11.9. The molecule has 0 saturated carbocycles. The molecule has 19 heavy (non-hydrogen) atoms. The molecular formula is C14H18N2O2S. The van der Waals surface area contributed by atoms with E-state index in [0.717, 1.165) is 11.3 Å². The van der Waals surface area contributed by atoms with Crippen molar-refractivity contribution in [2.75, 3.05) is 13.7 Å². The van der Waals surface area contributed by atoms with Gasteiger partial charge in [0.05, 0.1) is 16.9 Å². The normalized spacial score (nSPS) is 18.9. The highest BCUT2D eigenvalue weighted by Gasteiger charge is 2.30. The average molecular weight is 278 g/mol. The standard InChI is InChI=1S/C14H18N2O2S/c1-9(13(15)19)16(2)14(17)11-7-10-5-3-4-6-12(10)18-8-11/h3-6,9,11H,7-8H2,1-2H3,(H2,15,19). The first-order valence-corrected chi connectivity index (χ1v) is 6.68. The summed E-state index contributed by atoms with van der Waals surface area (Å²) in [6.45, 7) is 2.24. The number of para-hydroxylation sites is 1. The van der Waals surface area contributed by atoms with Gasteiger partial charge >= 0.3 is 0 Å². The first-order valence-electron chi connectivity index (χ1n) is 6.27. The molecule has 1 aliphatic rings. The lowest BCUT2D eigenvalue weighted by molar-refractivity contribution is -0.136. The maximum atomic E-state index is 12.4. The summed E-state index contributed by atoms with van der Waals surface area (Å²) in [6.07, 6.45) is 0.698. The number of nitrogens with two attached hydrogens (primary N) is 1. The molecule has 2 rings (SSSR count). The maximum Gasteiger partial charge on any atom is 0.229 e. The van der Waals surface area contributed by atoms with Crippen LogP contribution in [0.4, 0.5) is 0 Å². The number of amides is 1. The van der Waals surface area contributed by atoms with Crippen LogP contribution in [0, 0.1) is 5.92 Å². The van der Waals surface area contributed by atoms with Gasteiger partial charge in [-0.3, -0.25) is 4.79 Å². The number of ether oxygens (including phenoxy) is 1. The van der Waals surface area contributed by atoms with Crippen molar-refractivity contribution in [2.45, 2.75) is 19.4 Å². The van der Waals surface area contributed by atoms with E-state index in [1.54, 1.807) is 11.9 Å². The van der Waals surface area contributed by atoms with E-state index in [-0.39, 0.29) is 17.9 Å². The Kier molecular flexibility index (Phi) is 4.04. The van der Waals surface area contributed by atoms with Gasteiger partial charge in [-0.05, 0) is 25.0 Å². The molecule has 102 valence electrons. The molecule has 2 atom stereocenters. The van der Waals surface area contributed by atoms with Crippen LogP contribution in [0.1, 0.15) is 12.5 Å². The molecule has 1 aromatic rings. The number of thiocarbonyl (C=S) groups is 1. The van der Waals surface area contributed by atoms with Crippen LogP contribution in [-0.4, -0.2) is 35.5 Å². The van der Waals surface area contributed by atoms with E-state index < -0.39 is 0 Å². The average Bonchev–Trinajstić information content (AvgIpc) is 2.44.